The standard InChI is InChI=1S/C18H18N4OS/c19-17(23)15-11-13(5-8-20-15)22-9-6-12(7-10-22)18-21-14-3-1-2-4-16(14)24-18/h1-5,8,11-12H,6-7,9-10H2,(H2,19,23). The number of fused-ring (bicyclic) bond motifs is 1. The number of amides is 1. The molecule has 1 fully saturated rings. The van der Waals surface area contributed by atoms with Gasteiger partial charge in [-0.1, -0.05) is 12.1 Å². The van der Waals surface area contributed by atoms with E-state index in [4.69, 9.17) is 10.7 Å². The van der Waals surface area contributed by atoms with Gasteiger partial charge in [0.1, 0.15) is 5.69 Å². The maximum Gasteiger partial charge on any atom is 0.267 e. The lowest BCUT2D eigenvalue weighted by molar-refractivity contribution is 0.0995. The molecule has 2 N–H and O–H groups in total. The number of carbonyl (C=O) groups is 1. The Bertz CT molecular complexity index is 850. The molecule has 1 amide bonds. The number of nitrogens with two attached hydrogens (primary N) is 1. The van der Waals surface area contributed by atoms with Crippen molar-refractivity contribution in [2.24, 2.45) is 5.73 Å². The number of anilines is 1. The van der Waals surface area contributed by atoms with Crippen molar-refractivity contribution in [3.8, 4) is 0 Å². The number of pyridine rings is 1. The molecule has 0 spiro atoms. The van der Waals surface area contributed by atoms with Gasteiger partial charge in [0, 0.05) is 30.9 Å². The van der Waals surface area contributed by atoms with E-state index in [9.17, 15) is 4.79 Å². The molecular weight excluding hydrogens is 320 g/mol. The molecule has 24 heavy (non-hydrogen) atoms. The van der Waals surface area contributed by atoms with Gasteiger partial charge in [0.15, 0.2) is 0 Å². The monoisotopic (exact) mass is 338 g/mol. The molecule has 0 unspecified atom stereocenters. The van der Waals surface area contributed by atoms with Gasteiger partial charge in [-0.25, -0.2) is 4.98 Å². The van der Waals surface area contributed by atoms with Crippen LogP contribution in [-0.2, 0) is 0 Å². The molecule has 1 aliphatic heterocycles. The summed E-state index contributed by atoms with van der Waals surface area (Å²) < 4.78 is 1.26. The minimum absolute atomic E-state index is 0.320. The van der Waals surface area contributed by atoms with E-state index >= 15 is 0 Å². The Hall–Kier alpha value is -2.47. The summed E-state index contributed by atoms with van der Waals surface area (Å²) in [5, 5.41) is 1.24. The average molecular weight is 338 g/mol. The van der Waals surface area contributed by atoms with Crippen LogP contribution in [0.5, 0.6) is 0 Å². The Kier molecular flexibility index (Phi) is 3.90. The summed E-state index contributed by atoms with van der Waals surface area (Å²) in [4.78, 5) is 22.4. The number of rotatable bonds is 3. The second-order valence-corrected chi connectivity index (χ2v) is 7.11. The maximum absolute atomic E-state index is 11.3. The van der Waals surface area contributed by atoms with Gasteiger partial charge >= 0.3 is 0 Å². The predicted octanol–water partition coefficient (Wildman–Crippen LogP) is 3.17. The number of thiazole rings is 1. The van der Waals surface area contributed by atoms with Crippen LogP contribution in [0.15, 0.2) is 42.6 Å². The number of nitrogens with zero attached hydrogens (tertiary/aromatic N) is 3. The molecule has 6 heteroatoms. The van der Waals surface area contributed by atoms with Gasteiger partial charge in [-0.2, -0.15) is 0 Å². The van der Waals surface area contributed by atoms with Crippen molar-refractivity contribution in [1.29, 1.82) is 0 Å². The molecule has 4 rings (SSSR count). The van der Waals surface area contributed by atoms with E-state index in [0.29, 0.717) is 11.6 Å². The summed E-state index contributed by atoms with van der Waals surface area (Å²) in [7, 11) is 0. The zero-order valence-electron chi connectivity index (χ0n) is 13.2. The van der Waals surface area contributed by atoms with Gasteiger partial charge in [0.25, 0.3) is 5.91 Å². The fourth-order valence-corrected chi connectivity index (χ4v) is 4.34. The molecule has 3 heterocycles. The molecule has 3 aromatic rings. The first-order valence-corrected chi connectivity index (χ1v) is 8.88. The molecule has 0 atom stereocenters. The van der Waals surface area contributed by atoms with Crippen LogP contribution in [0.1, 0.15) is 34.3 Å². The molecule has 0 saturated carbocycles. The third kappa shape index (κ3) is 2.85. The maximum atomic E-state index is 11.3. The van der Waals surface area contributed by atoms with Crippen molar-refractivity contribution in [2.45, 2.75) is 18.8 Å². The van der Waals surface area contributed by atoms with E-state index in [1.54, 1.807) is 23.6 Å². The van der Waals surface area contributed by atoms with E-state index in [2.05, 4.69) is 28.1 Å². The number of primary amides is 1. The first kappa shape index (κ1) is 15.1. The van der Waals surface area contributed by atoms with Crippen molar-refractivity contribution in [3.05, 3.63) is 53.3 Å². The van der Waals surface area contributed by atoms with E-state index < -0.39 is 5.91 Å². The molecule has 5 nitrogen and oxygen atoms in total. The molecular formula is C18H18N4OS. The summed E-state index contributed by atoms with van der Waals surface area (Å²) >= 11 is 1.81. The van der Waals surface area contributed by atoms with Crippen LogP contribution >= 0.6 is 11.3 Å². The lowest BCUT2D eigenvalue weighted by Crippen LogP contribution is -2.33. The van der Waals surface area contributed by atoms with Crippen molar-refractivity contribution >= 4 is 33.1 Å². The zero-order valence-corrected chi connectivity index (χ0v) is 14.0. The first-order chi connectivity index (χ1) is 11.7. The molecule has 0 bridgehead atoms. The summed E-state index contributed by atoms with van der Waals surface area (Å²) in [6.45, 7) is 1.89. The van der Waals surface area contributed by atoms with Crippen molar-refractivity contribution in [3.63, 3.8) is 0 Å². The third-order valence-electron chi connectivity index (χ3n) is 4.52. The Labute approximate surface area is 144 Å². The summed E-state index contributed by atoms with van der Waals surface area (Å²) in [6.07, 6.45) is 3.77. The van der Waals surface area contributed by atoms with Crippen molar-refractivity contribution in [1.82, 2.24) is 9.97 Å². The second kappa shape index (κ2) is 6.20. The van der Waals surface area contributed by atoms with Crippen molar-refractivity contribution in [2.75, 3.05) is 18.0 Å². The number of hydrogen-bond acceptors (Lipinski definition) is 5. The predicted molar refractivity (Wildman–Crippen MR) is 96.6 cm³/mol. The second-order valence-electron chi connectivity index (χ2n) is 6.04. The zero-order chi connectivity index (χ0) is 16.5. The van der Waals surface area contributed by atoms with E-state index in [-0.39, 0.29) is 0 Å². The number of benzene rings is 1. The Balaban J connectivity index is 1.48. The number of para-hydroxylation sites is 1. The number of piperidine rings is 1. The number of hydrogen-bond donors (Lipinski definition) is 1. The van der Waals surface area contributed by atoms with Crippen LogP contribution < -0.4 is 10.6 Å². The molecule has 1 aliphatic rings. The van der Waals surface area contributed by atoms with Crippen LogP contribution in [0.25, 0.3) is 10.2 Å². The van der Waals surface area contributed by atoms with Crippen LogP contribution in [0.3, 0.4) is 0 Å². The Morgan fingerprint density at radius 3 is 2.75 bits per heavy atom. The highest BCUT2D eigenvalue weighted by atomic mass is 32.1. The van der Waals surface area contributed by atoms with E-state index in [1.807, 2.05) is 12.1 Å². The van der Waals surface area contributed by atoms with Gasteiger partial charge in [0.2, 0.25) is 0 Å². The summed E-state index contributed by atoms with van der Waals surface area (Å²) in [5.41, 5.74) is 7.75. The fraction of sp³-hybridized carbons (Fsp3) is 0.278. The smallest absolute Gasteiger partial charge is 0.267 e. The number of aromatic nitrogens is 2. The van der Waals surface area contributed by atoms with Gasteiger partial charge in [0.05, 0.1) is 15.2 Å². The highest BCUT2D eigenvalue weighted by molar-refractivity contribution is 7.18. The Morgan fingerprint density at radius 1 is 1.21 bits per heavy atom. The highest BCUT2D eigenvalue weighted by Gasteiger charge is 2.23. The topological polar surface area (TPSA) is 72.1 Å². The van der Waals surface area contributed by atoms with Gasteiger partial charge in [-0.05, 0) is 37.1 Å². The summed E-state index contributed by atoms with van der Waals surface area (Å²) in [5.74, 6) is 0.0253. The third-order valence-corrected chi connectivity index (χ3v) is 5.71. The van der Waals surface area contributed by atoms with Gasteiger partial charge in [-0.3, -0.25) is 9.78 Å². The quantitative estimate of drug-likeness (QED) is 0.796. The molecule has 0 radical (unpaired) electrons. The molecule has 1 aromatic carbocycles. The van der Waals surface area contributed by atoms with Crippen LogP contribution in [0.4, 0.5) is 5.69 Å². The molecule has 0 aliphatic carbocycles. The molecule has 1 saturated heterocycles. The highest BCUT2D eigenvalue weighted by Crippen LogP contribution is 2.34. The minimum Gasteiger partial charge on any atom is -0.371 e. The number of carbonyl (C=O) groups excluding carboxylic acids is 1. The largest absolute Gasteiger partial charge is 0.371 e. The van der Waals surface area contributed by atoms with Crippen LogP contribution in [0, 0.1) is 0 Å². The van der Waals surface area contributed by atoms with E-state index in [0.717, 1.165) is 37.1 Å². The average Bonchev–Trinajstić information content (AvgIpc) is 3.06. The normalized spacial score (nSPS) is 15.8. The van der Waals surface area contributed by atoms with E-state index in [1.165, 1.54) is 9.71 Å². The van der Waals surface area contributed by atoms with Crippen LogP contribution in [-0.4, -0.2) is 29.0 Å². The summed E-state index contributed by atoms with van der Waals surface area (Å²) in [6, 6.07) is 12.0. The lowest BCUT2D eigenvalue weighted by atomic mass is 9.97. The fourth-order valence-electron chi connectivity index (χ4n) is 3.20. The van der Waals surface area contributed by atoms with Crippen LogP contribution in [0.2, 0.25) is 0 Å². The molecule has 122 valence electrons. The van der Waals surface area contributed by atoms with Crippen molar-refractivity contribution < 1.29 is 4.79 Å². The molecule has 2 aromatic heterocycles. The lowest BCUT2D eigenvalue weighted by Gasteiger charge is -2.32. The van der Waals surface area contributed by atoms with Gasteiger partial charge in [-0.15, -0.1) is 11.3 Å². The first-order valence-electron chi connectivity index (χ1n) is 8.07. The minimum atomic E-state index is -0.485. The Morgan fingerprint density at radius 2 is 2.00 bits per heavy atom. The van der Waals surface area contributed by atoms with Gasteiger partial charge < -0.3 is 10.6 Å². The SMILES string of the molecule is NC(=O)c1cc(N2CCC(c3nc4ccccc4s3)CC2)ccn1.